The molecule has 0 radical (unpaired) electrons. The summed E-state index contributed by atoms with van der Waals surface area (Å²) in [6, 6.07) is -2.20. The van der Waals surface area contributed by atoms with Gasteiger partial charge in [0.2, 0.25) is 5.91 Å². The van der Waals surface area contributed by atoms with Gasteiger partial charge >= 0.3 is 5.97 Å². The summed E-state index contributed by atoms with van der Waals surface area (Å²) in [6.45, 7) is -0.470. The van der Waals surface area contributed by atoms with Gasteiger partial charge in [-0.25, -0.2) is 0 Å². The van der Waals surface area contributed by atoms with Crippen molar-refractivity contribution in [1.29, 1.82) is 0 Å². The smallest absolute Gasteiger partial charge is 0.321 e. The number of amides is 1. The molecule has 2 unspecified atom stereocenters. The molecule has 0 spiro atoms. The van der Waals surface area contributed by atoms with Crippen molar-refractivity contribution >= 4 is 11.9 Å². The first kappa shape index (κ1) is 19.7. The van der Waals surface area contributed by atoms with E-state index >= 15 is 0 Å². The SMILES string of the molecule is NC(=O)CC(N)C(=O)O.N[C@H]1C(O)O[C@H](CO)[C@@H](O)[C@@H]1O. The largest absolute Gasteiger partial charge is 0.480 e. The van der Waals surface area contributed by atoms with E-state index in [0.29, 0.717) is 0 Å². The van der Waals surface area contributed by atoms with Crippen molar-refractivity contribution < 1.29 is 39.9 Å². The first-order valence-corrected chi connectivity index (χ1v) is 5.94. The van der Waals surface area contributed by atoms with Gasteiger partial charge in [-0.3, -0.25) is 9.59 Å². The second kappa shape index (κ2) is 8.84. The standard InChI is InChI=1S/C6H13NO5.C4H8N2O3/c7-3-5(10)4(9)2(1-8)12-6(3)11;5-2(4(8)9)1-3(6)7/h2-6,8-11H,1,7H2;2H,1,5H2,(H2,6,7)(H,8,9)/t2-,3-,4-,5-,6?;/m1./s1. The second-order valence-electron chi connectivity index (χ2n) is 4.42. The summed E-state index contributed by atoms with van der Waals surface area (Å²) in [5, 5.41) is 44.2. The zero-order valence-corrected chi connectivity index (χ0v) is 11.1. The number of ether oxygens (including phenoxy) is 1. The first-order chi connectivity index (χ1) is 9.61. The Balaban J connectivity index is 0.000000400. The van der Waals surface area contributed by atoms with Crippen molar-refractivity contribution in [2.75, 3.05) is 6.61 Å². The van der Waals surface area contributed by atoms with Crippen molar-refractivity contribution in [1.82, 2.24) is 0 Å². The molecule has 1 amide bonds. The van der Waals surface area contributed by atoms with E-state index < -0.39 is 55.2 Å². The number of carboxylic acids is 1. The molecule has 11 nitrogen and oxygen atoms in total. The highest BCUT2D eigenvalue weighted by Gasteiger charge is 2.41. The lowest BCUT2D eigenvalue weighted by atomic mass is 9.98. The average molecular weight is 311 g/mol. The normalized spacial score (nSPS) is 33.5. The van der Waals surface area contributed by atoms with Crippen LogP contribution in [0.25, 0.3) is 0 Å². The molecule has 1 rings (SSSR count). The summed E-state index contributed by atoms with van der Waals surface area (Å²) in [4.78, 5) is 19.9. The third kappa shape index (κ3) is 6.31. The van der Waals surface area contributed by atoms with Gasteiger partial charge in [-0.05, 0) is 0 Å². The van der Waals surface area contributed by atoms with Crippen LogP contribution in [0.5, 0.6) is 0 Å². The molecule has 1 aliphatic heterocycles. The fourth-order valence-electron chi connectivity index (χ4n) is 1.42. The van der Waals surface area contributed by atoms with E-state index in [2.05, 4.69) is 5.73 Å². The lowest BCUT2D eigenvalue weighted by Gasteiger charge is -2.38. The number of hydrogen-bond donors (Lipinski definition) is 8. The summed E-state index contributed by atoms with van der Waals surface area (Å²) < 4.78 is 4.70. The Hall–Kier alpha value is -1.34. The molecule has 21 heavy (non-hydrogen) atoms. The number of rotatable bonds is 4. The molecule has 1 fully saturated rings. The second-order valence-corrected chi connectivity index (χ2v) is 4.42. The van der Waals surface area contributed by atoms with E-state index in [4.69, 9.17) is 31.5 Å². The number of hydrogen-bond acceptors (Lipinski definition) is 9. The Morgan fingerprint density at radius 2 is 1.71 bits per heavy atom. The van der Waals surface area contributed by atoms with Gasteiger partial charge in [0.05, 0.1) is 19.1 Å². The topological polar surface area (TPSA) is 223 Å². The molecule has 0 aromatic carbocycles. The van der Waals surface area contributed by atoms with Gasteiger partial charge in [0.15, 0.2) is 6.29 Å². The Morgan fingerprint density at radius 1 is 1.19 bits per heavy atom. The van der Waals surface area contributed by atoms with Crippen LogP contribution in [0, 0.1) is 0 Å². The molecule has 0 saturated carbocycles. The molecule has 1 aliphatic rings. The Kier molecular flexibility index (Phi) is 8.27. The molecule has 6 atom stereocenters. The minimum Gasteiger partial charge on any atom is -0.480 e. The summed E-state index contributed by atoms with van der Waals surface area (Å²) in [7, 11) is 0. The number of carbonyl (C=O) groups is 2. The quantitative estimate of drug-likeness (QED) is 0.247. The van der Waals surface area contributed by atoms with Gasteiger partial charge in [0, 0.05) is 0 Å². The maximum absolute atomic E-state index is 9.99. The van der Waals surface area contributed by atoms with Gasteiger partial charge in [-0.2, -0.15) is 0 Å². The van der Waals surface area contributed by atoms with Crippen molar-refractivity contribution in [3.05, 3.63) is 0 Å². The molecule has 124 valence electrons. The van der Waals surface area contributed by atoms with Crippen LogP contribution in [0.2, 0.25) is 0 Å². The van der Waals surface area contributed by atoms with Crippen LogP contribution in [0.3, 0.4) is 0 Å². The third-order valence-corrected chi connectivity index (χ3v) is 2.69. The number of primary amides is 1. The lowest BCUT2D eigenvalue weighted by Crippen LogP contribution is -2.61. The maximum Gasteiger partial charge on any atom is 0.321 e. The number of carboxylic acid groups (broad SMARTS) is 1. The summed E-state index contributed by atoms with van der Waals surface area (Å²) in [5.41, 5.74) is 14.8. The number of carbonyl (C=O) groups excluding carboxylic acids is 1. The first-order valence-electron chi connectivity index (χ1n) is 5.94. The monoisotopic (exact) mass is 311 g/mol. The highest BCUT2D eigenvalue weighted by Crippen LogP contribution is 2.17. The number of aliphatic hydroxyl groups excluding tert-OH is 4. The van der Waals surface area contributed by atoms with Crippen LogP contribution in [-0.4, -0.2) is 80.7 Å². The minimum absolute atomic E-state index is 0.310. The van der Waals surface area contributed by atoms with Crippen LogP contribution in [0.1, 0.15) is 6.42 Å². The molecule has 1 heterocycles. The van der Waals surface area contributed by atoms with Gasteiger partial charge < -0.3 is 47.5 Å². The molecule has 0 aromatic heterocycles. The average Bonchev–Trinajstić information content (AvgIpc) is 2.40. The van der Waals surface area contributed by atoms with Crippen LogP contribution in [-0.2, 0) is 14.3 Å². The minimum atomic E-state index is -1.35. The molecule has 11 heteroatoms. The molecule has 1 saturated heterocycles. The summed E-state index contributed by atoms with van der Waals surface area (Å²) in [6.07, 6.45) is -5.16. The van der Waals surface area contributed by atoms with Crippen LogP contribution in [0.4, 0.5) is 0 Å². The Labute approximate surface area is 119 Å². The number of nitrogens with two attached hydrogens (primary N) is 3. The Morgan fingerprint density at radius 3 is 2.05 bits per heavy atom. The molecule has 0 bridgehead atoms. The van der Waals surface area contributed by atoms with Crippen molar-refractivity contribution in [2.24, 2.45) is 17.2 Å². The van der Waals surface area contributed by atoms with E-state index in [1.165, 1.54) is 0 Å². The van der Waals surface area contributed by atoms with E-state index in [0.717, 1.165) is 0 Å². The maximum atomic E-state index is 9.99. The van der Waals surface area contributed by atoms with Crippen molar-refractivity contribution in [2.45, 2.75) is 43.1 Å². The third-order valence-electron chi connectivity index (χ3n) is 2.69. The molecule has 0 aliphatic carbocycles. The van der Waals surface area contributed by atoms with Gasteiger partial charge in [0.1, 0.15) is 24.4 Å². The fraction of sp³-hybridized carbons (Fsp3) is 0.800. The molecular formula is C10H21N3O8. The predicted molar refractivity (Wildman–Crippen MR) is 67.4 cm³/mol. The number of aliphatic hydroxyl groups is 4. The van der Waals surface area contributed by atoms with Crippen molar-refractivity contribution in [3.63, 3.8) is 0 Å². The lowest BCUT2D eigenvalue weighted by molar-refractivity contribution is -0.248. The van der Waals surface area contributed by atoms with E-state index in [-0.39, 0.29) is 6.42 Å². The summed E-state index contributed by atoms with van der Waals surface area (Å²) in [5.74, 6) is -1.92. The zero-order chi connectivity index (χ0) is 16.7. The molecule has 11 N–H and O–H groups in total. The Bertz CT molecular complexity index is 350. The zero-order valence-electron chi connectivity index (χ0n) is 11.1. The fourth-order valence-corrected chi connectivity index (χ4v) is 1.42. The van der Waals surface area contributed by atoms with Gasteiger partial charge in [-0.1, -0.05) is 0 Å². The van der Waals surface area contributed by atoms with E-state index in [9.17, 15) is 19.8 Å². The molecule has 0 aromatic rings. The molecular weight excluding hydrogens is 290 g/mol. The highest BCUT2D eigenvalue weighted by molar-refractivity contribution is 5.83. The van der Waals surface area contributed by atoms with Crippen LogP contribution >= 0.6 is 0 Å². The van der Waals surface area contributed by atoms with E-state index in [1.807, 2.05) is 0 Å². The van der Waals surface area contributed by atoms with E-state index in [1.54, 1.807) is 0 Å². The van der Waals surface area contributed by atoms with Gasteiger partial charge in [-0.15, -0.1) is 0 Å². The highest BCUT2D eigenvalue weighted by atomic mass is 16.6. The van der Waals surface area contributed by atoms with Crippen LogP contribution < -0.4 is 17.2 Å². The predicted octanol–water partition coefficient (Wildman–Crippen LogP) is -4.98. The van der Waals surface area contributed by atoms with Gasteiger partial charge in [0.25, 0.3) is 0 Å². The summed E-state index contributed by atoms with van der Waals surface area (Å²) >= 11 is 0. The van der Waals surface area contributed by atoms with Crippen molar-refractivity contribution in [3.8, 4) is 0 Å². The van der Waals surface area contributed by atoms with Crippen LogP contribution in [0.15, 0.2) is 0 Å². The number of aliphatic carboxylic acids is 1.